The van der Waals surface area contributed by atoms with Crippen LogP contribution in [-0.2, 0) is 4.79 Å². The van der Waals surface area contributed by atoms with Crippen molar-refractivity contribution in [3.05, 3.63) is 0 Å². The zero-order chi connectivity index (χ0) is 16.3. The minimum absolute atomic E-state index is 0.106. The van der Waals surface area contributed by atoms with E-state index in [9.17, 15) is 4.79 Å². The van der Waals surface area contributed by atoms with Gasteiger partial charge in [0, 0.05) is 22.0 Å². The molecule has 2 nitrogen and oxygen atoms in total. The molecule has 0 bridgehead atoms. The van der Waals surface area contributed by atoms with Gasteiger partial charge in [0.15, 0.2) is 0 Å². The van der Waals surface area contributed by atoms with Crippen molar-refractivity contribution in [2.24, 2.45) is 22.5 Å². The van der Waals surface area contributed by atoms with Gasteiger partial charge in [0.1, 0.15) is 5.78 Å². The second-order valence-corrected chi connectivity index (χ2v) is 9.61. The molecule has 0 aromatic heterocycles. The standard InChI is InChI=1S/C18H35NOS/c1-7-8-10-17(4,5)11-9-15(21-14(3)19)18(6)12-13(2)16(18)20/h13-15H,7-12,19H2,1-6H3/t13-,14?,15?,18-/m0/s1. The summed E-state index contributed by atoms with van der Waals surface area (Å²) in [4.78, 5) is 12.3. The second-order valence-electron chi connectivity index (χ2n) is 8.02. The number of carbonyl (C=O) groups excluding carboxylic acids is 1. The minimum Gasteiger partial charge on any atom is -0.320 e. The third-order valence-corrected chi connectivity index (χ3v) is 6.63. The molecule has 0 aliphatic heterocycles. The second kappa shape index (κ2) is 7.50. The number of unbranched alkanes of at least 4 members (excludes halogenated alkanes) is 1. The summed E-state index contributed by atoms with van der Waals surface area (Å²) < 4.78 is 0. The van der Waals surface area contributed by atoms with Gasteiger partial charge in [0.05, 0.1) is 0 Å². The van der Waals surface area contributed by atoms with Crippen LogP contribution >= 0.6 is 11.8 Å². The predicted molar refractivity (Wildman–Crippen MR) is 94.5 cm³/mol. The molecule has 124 valence electrons. The molecule has 21 heavy (non-hydrogen) atoms. The normalized spacial score (nSPS) is 29.1. The molecule has 0 radical (unpaired) electrons. The SMILES string of the molecule is CCCCC(C)(C)CCC(SC(C)N)[C@]1(C)C[C@H](C)C1=O. The van der Waals surface area contributed by atoms with E-state index in [0.29, 0.717) is 16.4 Å². The van der Waals surface area contributed by atoms with Gasteiger partial charge < -0.3 is 5.73 Å². The summed E-state index contributed by atoms with van der Waals surface area (Å²) in [5.74, 6) is 0.700. The third-order valence-electron chi connectivity index (χ3n) is 5.12. The molecular formula is C18H35NOS. The number of carbonyl (C=O) groups is 1. The zero-order valence-electron chi connectivity index (χ0n) is 14.9. The lowest BCUT2D eigenvalue weighted by molar-refractivity contribution is -0.143. The van der Waals surface area contributed by atoms with E-state index in [1.165, 1.54) is 25.7 Å². The van der Waals surface area contributed by atoms with E-state index < -0.39 is 0 Å². The fourth-order valence-corrected chi connectivity index (χ4v) is 4.93. The van der Waals surface area contributed by atoms with Gasteiger partial charge in [-0.2, -0.15) is 0 Å². The Morgan fingerprint density at radius 1 is 1.43 bits per heavy atom. The number of nitrogens with two attached hydrogens (primary N) is 1. The quantitative estimate of drug-likeness (QED) is 0.609. The lowest BCUT2D eigenvalue weighted by Gasteiger charge is -2.48. The highest BCUT2D eigenvalue weighted by Crippen LogP contribution is 2.51. The number of rotatable bonds is 9. The molecule has 0 saturated heterocycles. The van der Waals surface area contributed by atoms with Gasteiger partial charge in [-0.25, -0.2) is 0 Å². The highest BCUT2D eigenvalue weighted by molar-refractivity contribution is 8.00. The van der Waals surface area contributed by atoms with Crippen molar-refractivity contribution >= 4 is 17.5 Å². The monoisotopic (exact) mass is 313 g/mol. The Hall–Kier alpha value is -0.0200. The number of Topliss-reactive ketones (excluding diaryl/α,β-unsaturated/α-hetero) is 1. The van der Waals surface area contributed by atoms with Crippen molar-refractivity contribution in [3.8, 4) is 0 Å². The highest BCUT2D eigenvalue weighted by atomic mass is 32.2. The van der Waals surface area contributed by atoms with E-state index in [1.807, 2.05) is 18.7 Å². The highest BCUT2D eigenvalue weighted by Gasteiger charge is 2.52. The van der Waals surface area contributed by atoms with Gasteiger partial charge in [-0.05, 0) is 38.0 Å². The Balaban J connectivity index is 2.65. The average Bonchev–Trinajstić information content (AvgIpc) is 2.40. The van der Waals surface area contributed by atoms with Gasteiger partial charge in [0.2, 0.25) is 0 Å². The summed E-state index contributed by atoms with van der Waals surface area (Å²) in [5.41, 5.74) is 6.26. The Labute approximate surface area is 136 Å². The molecular weight excluding hydrogens is 278 g/mol. The smallest absolute Gasteiger partial charge is 0.142 e. The molecule has 4 atom stereocenters. The first-order valence-electron chi connectivity index (χ1n) is 8.58. The Morgan fingerprint density at radius 3 is 2.48 bits per heavy atom. The molecule has 0 spiro atoms. The summed E-state index contributed by atoms with van der Waals surface area (Å²) in [6.45, 7) is 13.2. The average molecular weight is 314 g/mol. The minimum atomic E-state index is -0.140. The number of hydrogen-bond acceptors (Lipinski definition) is 3. The molecule has 0 heterocycles. The summed E-state index contributed by atoms with van der Waals surface area (Å²) in [7, 11) is 0. The number of hydrogen-bond donors (Lipinski definition) is 1. The molecule has 1 saturated carbocycles. The molecule has 2 N–H and O–H groups in total. The Bertz CT molecular complexity index is 353. The van der Waals surface area contributed by atoms with Crippen molar-refractivity contribution in [1.82, 2.24) is 0 Å². The van der Waals surface area contributed by atoms with E-state index in [2.05, 4.69) is 34.6 Å². The maximum atomic E-state index is 12.3. The van der Waals surface area contributed by atoms with Gasteiger partial charge in [-0.15, -0.1) is 11.8 Å². The molecule has 0 aromatic carbocycles. The maximum Gasteiger partial charge on any atom is 0.142 e. The molecule has 0 aromatic rings. The van der Waals surface area contributed by atoms with Crippen LogP contribution in [0.3, 0.4) is 0 Å². The van der Waals surface area contributed by atoms with Crippen LogP contribution in [0, 0.1) is 16.7 Å². The van der Waals surface area contributed by atoms with Crippen LogP contribution < -0.4 is 5.73 Å². The lowest BCUT2D eigenvalue weighted by Crippen LogP contribution is -2.52. The van der Waals surface area contributed by atoms with Crippen LogP contribution in [0.4, 0.5) is 0 Å². The summed E-state index contributed by atoms with van der Waals surface area (Å²) in [6, 6.07) is 0. The molecule has 1 aliphatic rings. The molecule has 1 aliphatic carbocycles. The van der Waals surface area contributed by atoms with Crippen LogP contribution in [0.2, 0.25) is 0 Å². The lowest BCUT2D eigenvalue weighted by atomic mass is 9.59. The summed E-state index contributed by atoms with van der Waals surface area (Å²) >= 11 is 1.81. The first-order valence-corrected chi connectivity index (χ1v) is 9.52. The van der Waals surface area contributed by atoms with E-state index >= 15 is 0 Å². The van der Waals surface area contributed by atoms with E-state index in [0.717, 1.165) is 12.8 Å². The van der Waals surface area contributed by atoms with Crippen molar-refractivity contribution in [3.63, 3.8) is 0 Å². The van der Waals surface area contributed by atoms with E-state index in [-0.39, 0.29) is 16.7 Å². The van der Waals surface area contributed by atoms with Crippen molar-refractivity contribution < 1.29 is 4.79 Å². The largest absolute Gasteiger partial charge is 0.320 e. The predicted octanol–water partition coefficient (Wildman–Crippen LogP) is 5.00. The fourth-order valence-electron chi connectivity index (χ4n) is 3.65. The van der Waals surface area contributed by atoms with Gasteiger partial charge in [-0.3, -0.25) is 4.79 Å². The molecule has 2 unspecified atom stereocenters. The number of thioether (sulfide) groups is 1. The van der Waals surface area contributed by atoms with E-state index in [1.54, 1.807) is 0 Å². The van der Waals surface area contributed by atoms with Crippen LogP contribution in [-0.4, -0.2) is 16.4 Å². The number of ketones is 1. The molecule has 0 amide bonds. The first-order chi connectivity index (χ1) is 9.62. The fraction of sp³-hybridized carbons (Fsp3) is 0.944. The topological polar surface area (TPSA) is 43.1 Å². The summed E-state index contributed by atoms with van der Waals surface area (Å²) in [5, 5.41) is 0.483. The van der Waals surface area contributed by atoms with Crippen LogP contribution in [0.15, 0.2) is 0 Å². The molecule has 1 rings (SSSR count). The van der Waals surface area contributed by atoms with E-state index in [4.69, 9.17) is 5.73 Å². The first kappa shape index (κ1) is 19.0. The zero-order valence-corrected chi connectivity index (χ0v) is 15.7. The summed E-state index contributed by atoms with van der Waals surface area (Å²) in [6.07, 6.45) is 7.17. The molecule has 1 fully saturated rings. The maximum absolute atomic E-state index is 12.3. The third kappa shape index (κ3) is 4.99. The Kier molecular flexibility index (Phi) is 6.80. The van der Waals surface area contributed by atoms with Gasteiger partial charge >= 0.3 is 0 Å². The van der Waals surface area contributed by atoms with Gasteiger partial charge in [-0.1, -0.05) is 47.5 Å². The molecule has 3 heteroatoms. The van der Waals surface area contributed by atoms with Crippen LogP contribution in [0.5, 0.6) is 0 Å². The van der Waals surface area contributed by atoms with Crippen molar-refractivity contribution in [1.29, 1.82) is 0 Å². The van der Waals surface area contributed by atoms with Crippen LogP contribution in [0.1, 0.15) is 80.1 Å². The van der Waals surface area contributed by atoms with Crippen molar-refractivity contribution in [2.45, 2.75) is 90.7 Å². The van der Waals surface area contributed by atoms with Crippen LogP contribution in [0.25, 0.3) is 0 Å². The Morgan fingerprint density at radius 2 is 2.05 bits per heavy atom. The van der Waals surface area contributed by atoms with Crippen molar-refractivity contribution in [2.75, 3.05) is 0 Å². The van der Waals surface area contributed by atoms with Gasteiger partial charge in [0.25, 0.3) is 0 Å².